The molecule has 2 rings (SSSR count). The highest BCUT2D eigenvalue weighted by molar-refractivity contribution is 5.16. The lowest BCUT2D eigenvalue weighted by atomic mass is 9.92. The summed E-state index contributed by atoms with van der Waals surface area (Å²) < 4.78 is 5.42. The predicted molar refractivity (Wildman–Crippen MR) is 63.9 cm³/mol. The number of aliphatic hydroxyl groups is 4. The van der Waals surface area contributed by atoms with E-state index in [0.717, 1.165) is 5.56 Å². The summed E-state index contributed by atoms with van der Waals surface area (Å²) in [5.74, 6) is 0. The summed E-state index contributed by atoms with van der Waals surface area (Å²) in [7, 11) is 0. The minimum atomic E-state index is -1.30. The highest BCUT2D eigenvalue weighted by Gasteiger charge is 2.43. The van der Waals surface area contributed by atoms with Crippen LogP contribution in [0, 0.1) is 0 Å². The first-order valence-corrected chi connectivity index (χ1v) is 5.98. The van der Waals surface area contributed by atoms with E-state index in [-0.39, 0.29) is 0 Å². The van der Waals surface area contributed by atoms with Gasteiger partial charge < -0.3 is 25.2 Å². The van der Waals surface area contributed by atoms with E-state index in [9.17, 15) is 15.3 Å². The van der Waals surface area contributed by atoms with Gasteiger partial charge >= 0.3 is 0 Å². The first-order chi connectivity index (χ1) is 8.63. The zero-order valence-electron chi connectivity index (χ0n) is 9.88. The number of hydrogen-bond donors (Lipinski definition) is 4. The molecule has 0 unspecified atom stereocenters. The van der Waals surface area contributed by atoms with Gasteiger partial charge in [-0.2, -0.15) is 0 Å². The number of aliphatic hydroxyl groups excluding tert-OH is 4. The summed E-state index contributed by atoms with van der Waals surface area (Å²) >= 11 is 0. The Morgan fingerprint density at radius 3 is 2.11 bits per heavy atom. The SMILES string of the molecule is OC[C@H]1O[C@@H](Cc2ccccc2)[C@H](O)[C@@H](O)[C@H]1O. The molecule has 1 aliphatic heterocycles. The van der Waals surface area contributed by atoms with Crippen LogP contribution in [-0.2, 0) is 11.2 Å². The molecule has 5 atom stereocenters. The van der Waals surface area contributed by atoms with E-state index in [4.69, 9.17) is 9.84 Å². The van der Waals surface area contributed by atoms with Crippen molar-refractivity contribution >= 4 is 0 Å². The van der Waals surface area contributed by atoms with Crippen molar-refractivity contribution in [2.75, 3.05) is 6.61 Å². The number of rotatable bonds is 3. The molecule has 5 heteroatoms. The first-order valence-electron chi connectivity index (χ1n) is 5.98. The normalized spacial score (nSPS) is 36.6. The summed E-state index contributed by atoms with van der Waals surface area (Å²) in [5.41, 5.74) is 0.960. The van der Waals surface area contributed by atoms with Gasteiger partial charge in [-0.05, 0) is 5.56 Å². The van der Waals surface area contributed by atoms with Crippen LogP contribution in [0.25, 0.3) is 0 Å². The van der Waals surface area contributed by atoms with Crippen molar-refractivity contribution in [3.05, 3.63) is 35.9 Å². The summed E-state index contributed by atoms with van der Waals surface area (Å²) in [6.07, 6.45) is -4.81. The van der Waals surface area contributed by atoms with Crippen molar-refractivity contribution in [1.82, 2.24) is 0 Å². The molecule has 1 aliphatic rings. The lowest BCUT2D eigenvalue weighted by Gasteiger charge is -2.40. The quantitative estimate of drug-likeness (QED) is 0.559. The second-order valence-corrected chi connectivity index (χ2v) is 4.56. The first kappa shape index (κ1) is 13.5. The molecule has 0 radical (unpaired) electrons. The van der Waals surface area contributed by atoms with Crippen LogP contribution in [0.4, 0.5) is 0 Å². The van der Waals surface area contributed by atoms with E-state index in [1.807, 2.05) is 30.3 Å². The molecular weight excluding hydrogens is 236 g/mol. The number of benzene rings is 1. The van der Waals surface area contributed by atoms with Crippen molar-refractivity contribution in [2.45, 2.75) is 36.9 Å². The van der Waals surface area contributed by atoms with E-state index < -0.39 is 37.1 Å². The van der Waals surface area contributed by atoms with E-state index in [2.05, 4.69) is 0 Å². The van der Waals surface area contributed by atoms with Gasteiger partial charge in [-0.25, -0.2) is 0 Å². The molecule has 0 aliphatic carbocycles. The fraction of sp³-hybridized carbons (Fsp3) is 0.538. The van der Waals surface area contributed by atoms with Crippen LogP contribution < -0.4 is 0 Å². The Hall–Kier alpha value is -0.980. The Morgan fingerprint density at radius 2 is 1.50 bits per heavy atom. The van der Waals surface area contributed by atoms with Gasteiger partial charge in [0, 0.05) is 6.42 Å². The Bertz CT molecular complexity index is 367. The van der Waals surface area contributed by atoms with Gasteiger partial charge in [0.25, 0.3) is 0 Å². The third kappa shape index (κ3) is 2.71. The predicted octanol–water partition coefficient (Wildman–Crippen LogP) is -0.929. The smallest absolute Gasteiger partial charge is 0.111 e. The van der Waals surface area contributed by atoms with Gasteiger partial charge in [-0.1, -0.05) is 30.3 Å². The van der Waals surface area contributed by atoms with Crippen LogP contribution in [0.1, 0.15) is 5.56 Å². The molecule has 0 saturated carbocycles. The minimum Gasteiger partial charge on any atom is -0.394 e. The maximum Gasteiger partial charge on any atom is 0.111 e. The molecule has 0 bridgehead atoms. The summed E-state index contributed by atoms with van der Waals surface area (Å²) in [6.45, 7) is -0.393. The van der Waals surface area contributed by atoms with Gasteiger partial charge in [0.05, 0.1) is 12.7 Å². The third-order valence-electron chi connectivity index (χ3n) is 3.27. The van der Waals surface area contributed by atoms with Gasteiger partial charge in [-0.3, -0.25) is 0 Å². The molecule has 0 amide bonds. The van der Waals surface area contributed by atoms with Crippen LogP contribution in [0.2, 0.25) is 0 Å². The van der Waals surface area contributed by atoms with Crippen molar-refractivity contribution < 1.29 is 25.2 Å². The summed E-state index contributed by atoms with van der Waals surface area (Å²) in [5, 5.41) is 38.2. The topological polar surface area (TPSA) is 90.2 Å². The van der Waals surface area contributed by atoms with Gasteiger partial charge in [0.1, 0.15) is 24.4 Å². The van der Waals surface area contributed by atoms with Crippen molar-refractivity contribution in [3.63, 3.8) is 0 Å². The fourth-order valence-corrected chi connectivity index (χ4v) is 2.19. The molecular formula is C13H18O5. The van der Waals surface area contributed by atoms with Gasteiger partial charge in [0.2, 0.25) is 0 Å². The largest absolute Gasteiger partial charge is 0.394 e. The highest BCUT2D eigenvalue weighted by atomic mass is 16.5. The molecule has 0 aromatic heterocycles. The second kappa shape index (κ2) is 5.77. The van der Waals surface area contributed by atoms with Crippen molar-refractivity contribution in [3.8, 4) is 0 Å². The molecule has 1 fully saturated rings. The highest BCUT2D eigenvalue weighted by Crippen LogP contribution is 2.23. The van der Waals surface area contributed by atoms with E-state index in [1.54, 1.807) is 0 Å². The summed E-state index contributed by atoms with van der Waals surface area (Å²) in [4.78, 5) is 0. The van der Waals surface area contributed by atoms with Crippen molar-refractivity contribution in [1.29, 1.82) is 0 Å². The van der Waals surface area contributed by atoms with E-state index in [1.165, 1.54) is 0 Å². The minimum absolute atomic E-state index is 0.393. The van der Waals surface area contributed by atoms with Gasteiger partial charge in [-0.15, -0.1) is 0 Å². The van der Waals surface area contributed by atoms with E-state index >= 15 is 0 Å². The maximum absolute atomic E-state index is 9.87. The zero-order valence-corrected chi connectivity index (χ0v) is 9.88. The van der Waals surface area contributed by atoms with E-state index in [0.29, 0.717) is 6.42 Å². The lowest BCUT2D eigenvalue weighted by Crippen LogP contribution is -2.58. The molecule has 1 aromatic carbocycles. The molecule has 18 heavy (non-hydrogen) atoms. The zero-order chi connectivity index (χ0) is 13.1. The Labute approximate surface area is 105 Å². The molecule has 4 N–H and O–H groups in total. The lowest BCUT2D eigenvalue weighted by molar-refractivity contribution is -0.228. The Kier molecular flexibility index (Phi) is 4.31. The van der Waals surface area contributed by atoms with Crippen LogP contribution in [0.15, 0.2) is 30.3 Å². The maximum atomic E-state index is 9.87. The van der Waals surface area contributed by atoms with Crippen LogP contribution >= 0.6 is 0 Å². The van der Waals surface area contributed by atoms with Crippen LogP contribution in [0.3, 0.4) is 0 Å². The molecule has 1 saturated heterocycles. The molecule has 1 heterocycles. The summed E-state index contributed by atoms with van der Waals surface area (Å²) in [6, 6.07) is 9.42. The monoisotopic (exact) mass is 254 g/mol. The molecule has 5 nitrogen and oxygen atoms in total. The van der Waals surface area contributed by atoms with Gasteiger partial charge in [0.15, 0.2) is 0 Å². The van der Waals surface area contributed by atoms with Crippen molar-refractivity contribution in [2.24, 2.45) is 0 Å². The molecule has 1 aromatic rings. The number of ether oxygens (including phenoxy) is 1. The average molecular weight is 254 g/mol. The third-order valence-corrected chi connectivity index (χ3v) is 3.27. The Morgan fingerprint density at radius 1 is 0.889 bits per heavy atom. The average Bonchev–Trinajstić information content (AvgIpc) is 2.40. The van der Waals surface area contributed by atoms with Crippen LogP contribution in [0.5, 0.6) is 0 Å². The Balaban J connectivity index is 2.08. The van der Waals surface area contributed by atoms with Crippen LogP contribution in [-0.4, -0.2) is 57.6 Å². The second-order valence-electron chi connectivity index (χ2n) is 4.56. The fourth-order valence-electron chi connectivity index (χ4n) is 2.19. The standard InChI is InChI=1S/C13H18O5/c14-7-10-12(16)13(17)11(15)9(18-10)6-8-4-2-1-3-5-8/h1-5,9-17H,6-7H2/t9-,10+,11-,12-,13+/m0/s1. The number of hydrogen-bond acceptors (Lipinski definition) is 5. The molecule has 100 valence electrons. The molecule has 0 spiro atoms.